The molecule has 0 amide bonds. The molecule has 3 nitrogen and oxygen atoms in total. The van der Waals surface area contributed by atoms with Crippen molar-refractivity contribution in [3.8, 4) is 0 Å². The van der Waals surface area contributed by atoms with Crippen LogP contribution in [-0.4, -0.2) is 47.1 Å². The van der Waals surface area contributed by atoms with Gasteiger partial charge in [0.25, 0.3) is 0 Å². The summed E-state index contributed by atoms with van der Waals surface area (Å²) in [6, 6.07) is 0. The van der Waals surface area contributed by atoms with Crippen LogP contribution in [0.2, 0.25) is 0 Å². The fourth-order valence-electron chi connectivity index (χ4n) is 1.38. The predicted molar refractivity (Wildman–Crippen MR) is 55.2 cm³/mol. The summed E-state index contributed by atoms with van der Waals surface area (Å²) in [5.74, 6) is -0.150. The molecule has 1 rings (SSSR count). The van der Waals surface area contributed by atoms with Crippen molar-refractivity contribution in [2.75, 3.05) is 25.9 Å². The predicted octanol–water partition coefficient (Wildman–Crippen LogP) is 1.14. The Labute approximate surface area is 83.5 Å². The van der Waals surface area contributed by atoms with Crippen LogP contribution in [0.3, 0.4) is 0 Å². The van der Waals surface area contributed by atoms with Gasteiger partial charge in [-0.25, -0.2) is 0 Å². The van der Waals surface area contributed by atoms with Gasteiger partial charge in [0.2, 0.25) is 0 Å². The lowest BCUT2D eigenvalue weighted by atomic mass is 10.2. The lowest BCUT2D eigenvalue weighted by Crippen LogP contribution is -2.17. The molecule has 1 heterocycles. The minimum Gasteiger partial charge on any atom is -0.481 e. The largest absolute Gasteiger partial charge is 0.481 e. The van der Waals surface area contributed by atoms with Crippen LogP contribution in [0.1, 0.15) is 13.3 Å². The lowest BCUT2D eigenvalue weighted by molar-refractivity contribution is -0.140. The van der Waals surface area contributed by atoms with E-state index >= 15 is 0 Å². The second-order valence-corrected chi connectivity index (χ2v) is 5.08. The van der Waals surface area contributed by atoms with Crippen molar-refractivity contribution >= 4 is 17.7 Å². The lowest BCUT2D eigenvalue weighted by Gasteiger charge is -2.11. The molecule has 0 aliphatic carbocycles. The molecule has 0 spiro atoms. The molecular formula is C9H17NO2S. The summed E-state index contributed by atoms with van der Waals surface area (Å²) < 4.78 is 0. The second kappa shape index (κ2) is 4.86. The third kappa shape index (κ3) is 3.56. The van der Waals surface area contributed by atoms with Crippen molar-refractivity contribution in [1.29, 1.82) is 0 Å². The summed E-state index contributed by atoms with van der Waals surface area (Å²) in [4.78, 5) is 12.8. The van der Waals surface area contributed by atoms with Crippen LogP contribution in [0, 0.1) is 5.92 Å². The van der Waals surface area contributed by atoms with Crippen LogP contribution < -0.4 is 0 Å². The fourth-order valence-corrected chi connectivity index (χ4v) is 2.72. The smallest absolute Gasteiger partial charge is 0.307 e. The second-order valence-electron chi connectivity index (χ2n) is 3.75. The van der Waals surface area contributed by atoms with Gasteiger partial charge in [0.05, 0.1) is 5.92 Å². The molecule has 2 unspecified atom stereocenters. The van der Waals surface area contributed by atoms with Crippen molar-refractivity contribution in [2.24, 2.45) is 5.92 Å². The molecule has 1 N–H and O–H groups in total. The summed E-state index contributed by atoms with van der Waals surface area (Å²) in [5.41, 5.74) is 0. The molecule has 1 saturated heterocycles. The highest BCUT2D eigenvalue weighted by Gasteiger charge is 2.21. The van der Waals surface area contributed by atoms with Crippen molar-refractivity contribution in [3.05, 3.63) is 0 Å². The first-order chi connectivity index (χ1) is 6.09. The van der Waals surface area contributed by atoms with E-state index in [0.717, 1.165) is 18.8 Å². The van der Waals surface area contributed by atoms with E-state index in [-0.39, 0.29) is 5.92 Å². The molecule has 13 heavy (non-hydrogen) atoms. The average molecular weight is 203 g/mol. The number of nitrogens with zero attached hydrogens (tertiary/aromatic N) is 1. The summed E-state index contributed by atoms with van der Waals surface area (Å²) in [6.45, 7) is 4.03. The molecule has 0 aromatic rings. The number of hydrogen-bond donors (Lipinski definition) is 1. The molecule has 0 radical (unpaired) electrons. The van der Waals surface area contributed by atoms with Crippen molar-refractivity contribution in [1.82, 2.24) is 4.90 Å². The first-order valence-electron chi connectivity index (χ1n) is 4.62. The zero-order valence-electron chi connectivity index (χ0n) is 8.19. The quantitative estimate of drug-likeness (QED) is 0.744. The van der Waals surface area contributed by atoms with Crippen LogP contribution in [0.5, 0.6) is 0 Å². The maximum absolute atomic E-state index is 10.5. The van der Waals surface area contributed by atoms with E-state index in [9.17, 15) is 4.79 Å². The molecule has 76 valence electrons. The number of aliphatic carboxylic acids is 1. The molecular weight excluding hydrogens is 186 g/mol. The molecule has 1 aliphatic rings. The molecule has 0 aromatic carbocycles. The van der Waals surface area contributed by atoms with Crippen molar-refractivity contribution < 1.29 is 9.90 Å². The van der Waals surface area contributed by atoms with Crippen LogP contribution in [-0.2, 0) is 4.79 Å². The first-order valence-corrected chi connectivity index (χ1v) is 5.67. The Balaban J connectivity index is 2.16. The molecule has 0 aromatic heterocycles. The monoisotopic (exact) mass is 203 g/mol. The third-order valence-electron chi connectivity index (χ3n) is 2.35. The number of likely N-dealkylation sites (tertiary alicyclic amines) is 1. The van der Waals surface area contributed by atoms with E-state index in [0.29, 0.717) is 5.25 Å². The van der Waals surface area contributed by atoms with Crippen LogP contribution in [0.4, 0.5) is 0 Å². The summed E-state index contributed by atoms with van der Waals surface area (Å²) in [5, 5.41) is 9.33. The highest BCUT2D eigenvalue weighted by atomic mass is 32.2. The molecule has 2 atom stereocenters. The first kappa shape index (κ1) is 10.9. The van der Waals surface area contributed by atoms with Crippen molar-refractivity contribution in [2.45, 2.75) is 18.6 Å². The Morgan fingerprint density at radius 1 is 1.77 bits per heavy atom. The van der Waals surface area contributed by atoms with Gasteiger partial charge < -0.3 is 10.0 Å². The summed E-state index contributed by atoms with van der Waals surface area (Å²) in [6.07, 6.45) is 1.20. The summed E-state index contributed by atoms with van der Waals surface area (Å²) >= 11 is 1.80. The van der Waals surface area contributed by atoms with E-state index < -0.39 is 5.97 Å². The number of thioether (sulfide) groups is 1. The standard InChI is InChI=1S/C9H17NO2S/c1-7(9(11)12)6-13-8-3-4-10(2)5-8/h7-8H,3-6H2,1-2H3,(H,11,12). The number of carboxylic acids is 1. The molecule has 4 heteroatoms. The number of hydrogen-bond acceptors (Lipinski definition) is 3. The van der Waals surface area contributed by atoms with Gasteiger partial charge in [0, 0.05) is 17.5 Å². The van der Waals surface area contributed by atoms with Gasteiger partial charge >= 0.3 is 5.97 Å². The Morgan fingerprint density at radius 3 is 2.92 bits per heavy atom. The Kier molecular flexibility index (Phi) is 4.06. The van der Waals surface area contributed by atoms with Crippen molar-refractivity contribution in [3.63, 3.8) is 0 Å². The van der Waals surface area contributed by atoms with E-state index in [2.05, 4.69) is 11.9 Å². The zero-order valence-corrected chi connectivity index (χ0v) is 9.01. The zero-order chi connectivity index (χ0) is 9.84. The molecule has 0 bridgehead atoms. The highest BCUT2D eigenvalue weighted by Crippen LogP contribution is 2.23. The minimum absolute atomic E-state index is 0.212. The van der Waals surface area contributed by atoms with E-state index in [1.54, 1.807) is 18.7 Å². The normalized spacial score (nSPS) is 26.2. The van der Waals surface area contributed by atoms with Gasteiger partial charge in [-0.2, -0.15) is 11.8 Å². The fraction of sp³-hybridized carbons (Fsp3) is 0.889. The van der Waals surface area contributed by atoms with Gasteiger partial charge in [-0.1, -0.05) is 6.92 Å². The Bertz CT molecular complexity index is 186. The highest BCUT2D eigenvalue weighted by molar-refractivity contribution is 7.99. The van der Waals surface area contributed by atoms with Gasteiger partial charge in [-0.05, 0) is 20.0 Å². The number of carbonyl (C=O) groups is 1. The van der Waals surface area contributed by atoms with Gasteiger partial charge in [0.15, 0.2) is 0 Å². The van der Waals surface area contributed by atoms with Crippen LogP contribution in [0.25, 0.3) is 0 Å². The maximum atomic E-state index is 10.5. The van der Waals surface area contributed by atoms with E-state index in [1.165, 1.54) is 6.42 Å². The van der Waals surface area contributed by atoms with Gasteiger partial charge in [-0.15, -0.1) is 0 Å². The maximum Gasteiger partial charge on any atom is 0.307 e. The molecule has 1 aliphatic heterocycles. The SMILES string of the molecule is CC(CSC1CCN(C)C1)C(=O)O. The van der Waals surface area contributed by atoms with Gasteiger partial charge in [-0.3, -0.25) is 4.79 Å². The molecule has 1 fully saturated rings. The third-order valence-corrected chi connectivity index (χ3v) is 3.90. The average Bonchev–Trinajstić information content (AvgIpc) is 2.47. The minimum atomic E-state index is -0.682. The Hall–Kier alpha value is -0.220. The number of carboxylic acid groups (broad SMARTS) is 1. The van der Waals surface area contributed by atoms with E-state index in [4.69, 9.17) is 5.11 Å². The number of rotatable bonds is 4. The van der Waals surface area contributed by atoms with Gasteiger partial charge in [0.1, 0.15) is 0 Å². The molecule has 0 saturated carbocycles. The summed E-state index contributed by atoms with van der Waals surface area (Å²) in [7, 11) is 2.11. The van der Waals surface area contributed by atoms with Crippen LogP contribution >= 0.6 is 11.8 Å². The van der Waals surface area contributed by atoms with Crippen LogP contribution in [0.15, 0.2) is 0 Å². The topological polar surface area (TPSA) is 40.5 Å². The van der Waals surface area contributed by atoms with E-state index in [1.807, 2.05) is 0 Å². The Morgan fingerprint density at radius 2 is 2.46 bits per heavy atom.